The third kappa shape index (κ3) is 4.21. The van der Waals surface area contributed by atoms with Crippen molar-refractivity contribution in [3.8, 4) is 0 Å². The highest BCUT2D eigenvalue weighted by molar-refractivity contribution is 5.97. The minimum absolute atomic E-state index is 0.0721. The number of piperazine rings is 1. The number of nitrogens with zero attached hydrogens (tertiary/aromatic N) is 1. The van der Waals surface area contributed by atoms with E-state index in [2.05, 4.69) is 16.0 Å². The van der Waals surface area contributed by atoms with Gasteiger partial charge >= 0.3 is 6.03 Å². The number of hydrogen-bond donors (Lipinski definition) is 3. The van der Waals surface area contributed by atoms with Crippen LogP contribution in [-0.4, -0.2) is 48.4 Å². The van der Waals surface area contributed by atoms with Gasteiger partial charge in [0.05, 0.1) is 6.42 Å². The highest BCUT2D eigenvalue weighted by Gasteiger charge is 2.34. The van der Waals surface area contributed by atoms with Crippen molar-refractivity contribution < 1.29 is 14.4 Å². The molecule has 124 valence electrons. The Balaban J connectivity index is 2.05. The van der Waals surface area contributed by atoms with Crippen LogP contribution in [-0.2, 0) is 9.59 Å². The molecule has 1 aromatic rings. The third-order valence-corrected chi connectivity index (χ3v) is 3.72. The van der Waals surface area contributed by atoms with Gasteiger partial charge in [-0.25, -0.2) is 4.79 Å². The first kappa shape index (κ1) is 16.8. The molecule has 0 radical (unpaired) electrons. The van der Waals surface area contributed by atoms with E-state index in [1.165, 1.54) is 4.90 Å². The predicted molar refractivity (Wildman–Crippen MR) is 87.0 cm³/mol. The lowest BCUT2D eigenvalue weighted by molar-refractivity contribution is -0.131. The largest absolute Gasteiger partial charge is 0.353 e. The molecular weight excluding hydrogens is 296 g/mol. The van der Waals surface area contributed by atoms with Crippen LogP contribution in [0.5, 0.6) is 0 Å². The van der Waals surface area contributed by atoms with Gasteiger partial charge in [-0.05, 0) is 25.5 Å². The molecule has 7 nitrogen and oxygen atoms in total. The number of para-hydroxylation sites is 1. The third-order valence-electron chi connectivity index (χ3n) is 3.72. The van der Waals surface area contributed by atoms with Gasteiger partial charge in [-0.15, -0.1) is 0 Å². The zero-order chi connectivity index (χ0) is 16.8. The number of amides is 4. The van der Waals surface area contributed by atoms with Crippen LogP contribution in [0.2, 0.25) is 0 Å². The molecule has 0 bridgehead atoms. The van der Waals surface area contributed by atoms with Gasteiger partial charge in [0.2, 0.25) is 11.8 Å². The molecule has 1 unspecified atom stereocenters. The number of aryl methyl sites for hydroxylation is 1. The van der Waals surface area contributed by atoms with E-state index in [1.807, 2.05) is 32.0 Å². The standard InChI is InChI=1S/C16H22N4O3/c1-3-17-16(23)20-9-8-18-15(22)13(20)10-14(21)19-12-7-5-4-6-11(12)2/h4-7,13H,3,8-10H2,1-2H3,(H,17,23)(H,18,22)(H,19,21). The fourth-order valence-electron chi connectivity index (χ4n) is 2.50. The molecule has 23 heavy (non-hydrogen) atoms. The second-order valence-electron chi connectivity index (χ2n) is 5.40. The highest BCUT2D eigenvalue weighted by atomic mass is 16.2. The van der Waals surface area contributed by atoms with Gasteiger partial charge in [-0.3, -0.25) is 9.59 Å². The quantitative estimate of drug-likeness (QED) is 0.769. The van der Waals surface area contributed by atoms with E-state index in [0.717, 1.165) is 5.56 Å². The lowest BCUT2D eigenvalue weighted by atomic mass is 10.1. The van der Waals surface area contributed by atoms with E-state index in [9.17, 15) is 14.4 Å². The lowest BCUT2D eigenvalue weighted by Gasteiger charge is -2.34. The fourth-order valence-corrected chi connectivity index (χ4v) is 2.50. The number of benzene rings is 1. The molecule has 3 N–H and O–H groups in total. The monoisotopic (exact) mass is 318 g/mol. The van der Waals surface area contributed by atoms with Crippen LogP contribution < -0.4 is 16.0 Å². The van der Waals surface area contributed by atoms with Gasteiger partial charge in [-0.1, -0.05) is 18.2 Å². The summed E-state index contributed by atoms with van der Waals surface area (Å²) in [6.07, 6.45) is -0.0721. The number of carbonyl (C=O) groups is 3. The number of rotatable bonds is 4. The van der Waals surface area contributed by atoms with Crippen LogP contribution in [0.1, 0.15) is 18.9 Å². The van der Waals surface area contributed by atoms with E-state index >= 15 is 0 Å². The van der Waals surface area contributed by atoms with Crippen LogP contribution in [0.25, 0.3) is 0 Å². The molecule has 2 rings (SSSR count). The SMILES string of the molecule is CCNC(=O)N1CCNC(=O)C1CC(=O)Nc1ccccc1C. The molecule has 1 aliphatic rings. The van der Waals surface area contributed by atoms with Crippen LogP contribution in [0.3, 0.4) is 0 Å². The van der Waals surface area contributed by atoms with E-state index in [4.69, 9.17) is 0 Å². The summed E-state index contributed by atoms with van der Waals surface area (Å²) in [4.78, 5) is 37.8. The first-order chi connectivity index (χ1) is 11.0. The van der Waals surface area contributed by atoms with Crippen molar-refractivity contribution in [2.24, 2.45) is 0 Å². The summed E-state index contributed by atoms with van der Waals surface area (Å²) in [6, 6.07) is 6.29. The molecule has 1 heterocycles. The van der Waals surface area contributed by atoms with Gasteiger partial charge in [0.1, 0.15) is 6.04 Å². The Bertz CT molecular complexity index is 603. The van der Waals surface area contributed by atoms with Crippen molar-refractivity contribution in [1.29, 1.82) is 0 Å². The van der Waals surface area contributed by atoms with Gasteiger partial charge in [-0.2, -0.15) is 0 Å². The normalized spacial score (nSPS) is 17.4. The molecule has 0 aliphatic carbocycles. The first-order valence-electron chi connectivity index (χ1n) is 7.70. The smallest absolute Gasteiger partial charge is 0.318 e. The van der Waals surface area contributed by atoms with Crippen LogP contribution in [0.15, 0.2) is 24.3 Å². The van der Waals surface area contributed by atoms with Crippen LogP contribution >= 0.6 is 0 Å². The number of nitrogens with one attached hydrogen (secondary N) is 3. The van der Waals surface area contributed by atoms with Crippen molar-refractivity contribution in [1.82, 2.24) is 15.5 Å². The number of urea groups is 1. The fraction of sp³-hybridized carbons (Fsp3) is 0.438. The average Bonchev–Trinajstić information content (AvgIpc) is 2.52. The van der Waals surface area contributed by atoms with Crippen molar-refractivity contribution in [3.05, 3.63) is 29.8 Å². The van der Waals surface area contributed by atoms with Crippen molar-refractivity contribution >= 4 is 23.5 Å². The summed E-state index contributed by atoms with van der Waals surface area (Å²) in [5, 5.41) is 8.16. The predicted octanol–water partition coefficient (Wildman–Crippen LogP) is 0.854. The Labute approximate surface area is 135 Å². The Morgan fingerprint density at radius 3 is 2.78 bits per heavy atom. The Morgan fingerprint density at radius 1 is 1.35 bits per heavy atom. The summed E-state index contributed by atoms with van der Waals surface area (Å²) in [6.45, 7) is 4.95. The molecule has 1 fully saturated rings. The lowest BCUT2D eigenvalue weighted by Crippen LogP contribution is -2.60. The maximum Gasteiger partial charge on any atom is 0.318 e. The topological polar surface area (TPSA) is 90.5 Å². The molecule has 4 amide bonds. The zero-order valence-corrected chi connectivity index (χ0v) is 13.4. The van der Waals surface area contributed by atoms with Gasteiger partial charge in [0.15, 0.2) is 0 Å². The molecule has 0 saturated carbocycles. The summed E-state index contributed by atoms with van der Waals surface area (Å²) in [5.74, 6) is -0.599. The summed E-state index contributed by atoms with van der Waals surface area (Å²) < 4.78 is 0. The Hall–Kier alpha value is -2.57. The van der Waals surface area contributed by atoms with Gasteiger partial charge in [0.25, 0.3) is 0 Å². The molecule has 1 aliphatic heterocycles. The van der Waals surface area contributed by atoms with E-state index < -0.39 is 6.04 Å². The van der Waals surface area contributed by atoms with Crippen molar-refractivity contribution in [2.75, 3.05) is 25.0 Å². The second-order valence-corrected chi connectivity index (χ2v) is 5.40. The minimum atomic E-state index is -0.792. The van der Waals surface area contributed by atoms with Crippen molar-refractivity contribution in [2.45, 2.75) is 26.3 Å². The average molecular weight is 318 g/mol. The van der Waals surface area contributed by atoms with E-state index in [1.54, 1.807) is 6.07 Å². The number of carbonyl (C=O) groups excluding carboxylic acids is 3. The van der Waals surface area contributed by atoms with Gasteiger partial charge in [0, 0.05) is 25.3 Å². The minimum Gasteiger partial charge on any atom is -0.353 e. The van der Waals surface area contributed by atoms with Gasteiger partial charge < -0.3 is 20.9 Å². The Morgan fingerprint density at radius 2 is 2.09 bits per heavy atom. The van der Waals surface area contributed by atoms with E-state index in [0.29, 0.717) is 25.3 Å². The Kier molecular flexibility index (Phi) is 5.56. The first-order valence-corrected chi connectivity index (χ1v) is 7.70. The summed E-state index contributed by atoms with van der Waals surface area (Å²) in [5.41, 5.74) is 1.65. The number of anilines is 1. The molecule has 1 aromatic carbocycles. The summed E-state index contributed by atoms with van der Waals surface area (Å²) in [7, 11) is 0. The summed E-state index contributed by atoms with van der Waals surface area (Å²) >= 11 is 0. The molecule has 1 atom stereocenters. The molecule has 7 heteroatoms. The molecule has 0 spiro atoms. The maximum atomic E-state index is 12.3. The van der Waals surface area contributed by atoms with Crippen LogP contribution in [0, 0.1) is 6.92 Å². The second kappa shape index (κ2) is 7.62. The maximum absolute atomic E-state index is 12.3. The van der Waals surface area contributed by atoms with Crippen LogP contribution in [0.4, 0.5) is 10.5 Å². The zero-order valence-electron chi connectivity index (χ0n) is 13.4. The number of hydrogen-bond acceptors (Lipinski definition) is 3. The molecule has 0 aromatic heterocycles. The van der Waals surface area contributed by atoms with Crippen molar-refractivity contribution in [3.63, 3.8) is 0 Å². The highest BCUT2D eigenvalue weighted by Crippen LogP contribution is 2.15. The molecule has 1 saturated heterocycles. The van der Waals surface area contributed by atoms with E-state index in [-0.39, 0.29) is 24.3 Å². The molecular formula is C16H22N4O3.